The van der Waals surface area contributed by atoms with Crippen molar-refractivity contribution in [2.75, 3.05) is 26.7 Å². The normalized spacial score (nSPS) is 28.8. The van der Waals surface area contributed by atoms with Gasteiger partial charge in [0.2, 0.25) is 0 Å². The van der Waals surface area contributed by atoms with Gasteiger partial charge in [0.15, 0.2) is 0 Å². The highest BCUT2D eigenvalue weighted by Crippen LogP contribution is 2.20. The molecule has 0 aromatic heterocycles. The minimum atomic E-state index is 0.232. The topological polar surface area (TPSA) is 6.48 Å². The molecule has 10 heavy (non-hydrogen) atoms. The van der Waals surface area contributed by atoms with E-state index in [0.717, 1.165) is 19.6 Å². The van der Waals surface area contributed by atoms with Crippen molar-refractivity contribution in [3.63, 3.8) is 0 Å². The fourth-order valence-corrected chi connectivity index (χ4v) is 1.54. The van der Waals surface area contributed by atoms with Gasteiger partial charge in [0, 0.05) is 25.2 Å². The molecule has 2 nitrogen and oxygen atoms in total. The molecule has 1 rings (SSSR count). The number of nitrogens with zero attached hydrogens (tertiary/aromatic N) is 2. The lowest BCUT2D eigenvalue weighted by molar-refractivity contribution is 0.111. The van der Waals surface area contributed by atoms with Crippen LogP contribution in [0.2, 0.25) is 0 Å². The molecule has 60 valence electrons. The Labute approximate surface area is 68.7 Å². The molecule has 0 atom stereocenters. The van der Waals surface area contributed by atoms with Crippen molar-refractivity contribution in [2.45, 2.75) is 19.4 Å². The van der Waals surface area contributed by atoms with E-state index in [2.05, 4.69) is 42.9 Å². The molecule has 0 aromatic rings. The van der Waals surface area contributed by atoms with Crippen LogP contribution in [-0.2, 0) is 0 Å². The first-order valence-electron chi connectivity index (χ1n) is 3.67. The minimum absolute atomic E-state index is 0.232. The third kappa shape index (κ3) is 1.65. The van der Waals surface area contributed by atoms with E-state index < -0.39 is 0 Å². The van der Waals surface area contributed by atoms with Gasteiger partial charge in [0.25, 0.3) is 0 Å². The Morgan fingerprint density at radius 3 is 2.30 bits per heavy atom. The van der Waals surface area contributed by atoms with Gasteiger partial charge in [-0.15, -0.1) is 0 Å². The predicted octanol–water partition coefficient (Wildman–Crippen LogP) is 0.857. The van der Waals surface area contributed by atoms with Gasteiger partial charge in [0.1, 0.15) is 0 Å². The summed E-state index contributed by atoms with van der Waals surface area (Å²) in [4.78, 5) is 2.34. The van der Waals surface area contributed by atoms with E-state index >= 15 is 0 Å². The fraction of sp³-hybridized carbons (Fsp3) is 1.00. The summed E-state index contributed by atoms with van der Waals surface area (Å²) in [6.07, 6.45) is 0. The summed E-state index contributed by atoms with van der Waals surface area (Å²) in [6, 6.07) is 0. The smallest absolute Gasteiger partial charge is 0.0382 e. The predicted molar refractivity (Wildman–Crippen MR) is 47.3 cm³/mol. The molecule has 1 aliphatic heterocycles. The molecule has 3 heteroatoms. The Morgan fingerprint density at radius 2 is 1.90 bits per heavy atom. The summed E-state index contributed by atoms with van der Waals surface area (Å²) in [5, 5.41) is 0. The van der Waals surface area contributed by atoms with Crippen LogP contribution < -0.4 is 0 Å². The molecule has 0 amide bonds. The Hall–Kier alpha value is 0.270. The van der Waals surface area contributed by atoms with E-state index in [-0.39, 0.29) is 5.54 Å². The van der Waals surface area contributed by atoms with Gasteiger partial charge in [-0.2, -0.15) is 0 Å². The summed E-state index contributed by atoms with van der Waals surface area (Å²) in [7, 11) is 2.16. The number of piperazine rings is 1. The van der Waals surface area contributed by atoms with Crippen molar-refractivity contribution in [1.29, 1.82) is 0 Å². The molecule has 1 aliphatic rings. The van der Waals surface area contributed by atoms with Crippen LogP contribution in [0.3, 0.4) is 0 Å². The second-order valence-electron chi connectivity index (χ2n) is 3.67. The SMILES string of the molecule is CN1CCN(S)C(C)(C)C1. The first-order chi connectivity index (χ1) is 4.52. The second kappa shape index (κ2) is 2.72. The van der Waals surface area contributed by atoms with Crippen LogP contribution in [0.5, 0.6) is 0 Å². The van der Waals surface area contributed by atoms with Crippen molar-refractivity contribution in [1.82, 2.24) is 9.21 Å². The average molecular weight is 160 g/mol. The highest BCUT2D eigenvalue weighted by molar-refractivity contribution is 7.77. The van der Waals surface area contributed by atoms with Crippen LogP contribution in [0.4, 0.5) is 0 Å². The lowest BCUT2D eigenvalue weighted by atomic mass is 10.0. The van der Waals surface area contributed by atoms with Crippen LogP contribution >= 0.6 is 12.8 Å². The lowest BCUT2D eigenvalue weighted by Gasteiger charge is -2.42. The van der Waals surface area contributed by atoms with Crippen molar-refractivity contribution in [3.05, 3.63) is 0 Å². The molecule has 0 N–H and O–H groups in total. The second-order valence-corrected chi connectivity index (χ2v) is 4.16. The molecular weight excluding hydrogens is 144 g/mol. The maximum Gasteiger partial charge on any atom is 0.0382 e. The van der Waals surface area contributed by atoms with Gasteiger partial charge in [0.05, 0.1) is 0 Å². The summed E-state index contributed by atoms with van der Waals surface area (Å²) in [5.74, 6) is 0. The van der Waals surface area contributed by atoms with Crippen molar-refractivity contribution in [3.8, 4) is 0 Å². The molecule has 0 aliphatic carbocycles. The summed E-state index contributed by atoms with van der Waals surface area (Å²) in [6.45, 7) is 7.74. The third-order valence-electron chi connectivity index (χ3n) is 2.05. The highest BCUT2D eigenvalue weighted by Gasteiger charge is 2.29. The zero-order valence-electron chi connectivity index (χ0n) is 6.96. The number of thiol groups is 1. The largest absolute Gasteiger partial charge is 0.303 e. The van der Waals surface area contributed by atoms with E-state index in [1.165, 1.54) is 0 Å². The zero-order chi connectivity index (χ0) is 7.78. The molecule has 1 saturated heterocycles. The van der Waals surface area contributed by atoms with Gasteiger partial charge < -0.3 is 4.90 Å². The zero-order valence-corrected chi connectivity index (χ0v) is 7.86. The van der Waals surface area contributed by atoms with Crippen LogP contribution in [0.1, 0.15) is 13.8 Å². The standard InChI is InChI=1S/C7H16N2S/c1-7(2)6-8(3)4-5-9(7)10/h10H,4-6H2,1-3H3. The minimum Gasteiger partial charge on any atom is -0.303 e. The van der Waals surface area contributed by atoms with Gasteiger partial charge >= 0.3 is 0 Å². The quantitative estimate of drug-likeness (QED) is 0.525. The Bertz CT molecular complexity index is 125. The van der Waals surface area contributed by atoms with Crippen LogP contribution in [-0.4, -0.2) is 41.4 Å². The number of hydrogen-bond donors (Lipinski definition) is 1. The Kier molecular flexibility index (Phi) is 2.28. The first kappa shape index (κ1) is 8.37. The molecular formula is C7H16N2S. The van der Waals surface area contributed by atoms with Gasteiger partial charge in [-0.1, -0.05) is 12.8 Å². The van der Waals surface area contributed by atoms with Gasteiger partial charge in [-0.05, 0) is 20.9 Å². The Morgan fingerprint density at radius 1 is 1.30 bits per heavy atom. The number of hydrogen-bond acceptors (Lipinski definition) is 3. The van der Waals surface area contributed by atoms with E-state index in [1.807, 2.05) is 0 Å². The maximum absolute atomic E-state index is 4.39. The first-order valence-corrected chi connectivity index (χ1v) is 4.07. The van der Waals surface area contributed by atoms with E-state index in [1.54, 1.807) is 0 Å². The van der Waals surface area contributed by atoms with Crippen LogP contribution in [0.15, 0.2) is 0 Å². The molecule has 0 bridgehead atoms. The van der Waals surface area contributed by atoms with E-state index in [0.29, 0.717) is 0 Å². The van der Waals surface area contributed by atoms with Crippen molar-refractivity contribution in [2.24, 2.45) is 0 Å². The molecule has 0 radical (unpaired) electrons. The van der Waals surface area contributed by atoms with Crippen LogP contribution in [0, 0.1) is 0 Å². The number of rotatable bonds is 0. The van der Waals surface area contributed by atoms with E-state index in [9.17, 15) is 0 Å². The van der Waals surface area contributed by atoms with Crippen molar-refractivity contribution < 1.29 is 0 Å². The van der Waals surface area contributed by atoms with E-state index in [4.69, 9.17) is 0 Å². The maximum atomic E-state index is 4.39. The van der Waals surface area contributed by atoms with Gasteiger partial charge in [-0.25, -0.2) is 4.31 Å². The number of likely N-dealkylation sites (N-methyl/N-ethyl adjacent to an activating group) is 1. The summed E-state index contributed by atoms with van der Waals surface area (Å²) >= 11 is 4.39. The molecule has 0 saturated carbocycles. The van der Waals surface area contributed by atoms with Crippen molar-refractivity contribution >= 4 is 12.8 Å². The molecule has 0 aromatic carbocycles. The third-order valence-corrected chi connectivity index (χ3v) is 2.79. The summed E-state index contributed by atoms with van der Waals surface area (Å²) < 4.78 is 2.12. The lowest BCUT2D eigenvalue weighted by Crippen LogP contribution is -2.54. The fourth-order valence-electron chi connectivity index (χ4n) is 1.39. The monoisotopic (exact) mass is 160 g/mol. The average Bonchev–Trinajstić information content (AvgIpc) is 1.78. The van der Waals surface area contributed by atoms with Gasteiger partial charge in [-0.3, -0.25) is 0 Å². The van der Waals surface area contributed by atoms with Crippen LogP contribution in [0.25, 0.3) is 0 Å². The molecule has 1 heterocycles. The summed E-state index contributed by atoms with van der Waals surface area (Å²) in [5.41, 5.74) is 0.232. The molecule has 0 unspecified atom stereocenters. The highest BCUT2D eigenvalue weighted by atomic mass is 32.1. The molecule has 0 spiro atoms. The molecule has 1 fully saturated rings. The Balaban J connectivity index is 2.55.